The Bertz CT molecular complexity index is 1310. The van der Waals surface area contributed by atoms with Crippen molar-refractivity contribution in [3.8, 4) is 5.75 Å². The van der Waals surface area contributed by atoms with Gasteiger partial charge in [0.2, 0.25) is 0 Å². The first-order chi connectivity index (χ1) is 18.6. The number of aromatic nitrogens is 1. The maximum absolute atomic E-state index is 11.8. The molecule has 40 heavy (non-hydrogen) atoms. The summed E-state index contributed by atoms with van der Waals surface area (Å²) in [6.07, 6.45) is 1.06. The summed E-state index contributed by atoms with van der Waals surface area (Å²) in [5.41, 5.74) is 6.27. The highest BCUT2D eigenvalue weighted by Crippen LogP contribution is 2.50. The molecule has 4 rings (SSSR count). The first-order valence-corrected chi connectivity index (χ1v) is 18.4. The molecule has 1 heterocycles. The van der Waals surface area contributed by atoms with Crippen molar-refractivity contribution in [3.63, 3.8) is 0 Å². The maximum atomic E-state index is 11.8. The molecule has 0 fully saturated rings. The van der Waals surface area contributed by atoms with Crippen LogP contribution in [-0.2, 0) is 17.5 Å². The fraction of sp³-hybridized carbons (Fsp3) is 0.500. The molecule has 1 N–H and O–H groups in total. The normalized spacial score (nSPS) is 17.9. The van der Waals surface area contributed by atoms with Gasteiger partial charge in [0, 0.05) is 20.4 Å². The van der Waals surface area contributed by atoms with Crippen LogP contribution in [-0.4, -0.2) is 18.4 Å². The first kappa shape index (κ1) is 31.2. The first-order valence-electron chi connectivity index (χ1n) is 14.4. The second-order valence-corrected chi connectivity index (χ2v) is 19.7. The van der Waals surface area contributed by atoms with Crippen molar-refractivity contribution in [3.05, 3.63) is 91.8 Å². The number of pyridine rings is 1. The quantitative estimate of drug-likeness (QED) is 0.192. The number of aliphatic hydroxyl groups is 1. The van der Waals surface area contributed by atoms with Gasteiger partial charge in [-0.3, -0.25) is 4.98 Å². The third kappa shape index (κ3) is 6.83. The molecular formula is C34H46INO3Si. The molecule has 4 nitrogen and oxygen atoms in total. The van der Waals surface area contributed by atoms with Gasteiger partial charge in [0.05, 0.1) is 11.8 Å². The van der Waals surface area contributed by atoms with Gasteiger partial charge in [0.1, 0.15) is 18.5 Å². The summed E-state index contributed by atoms with van der Waals surface area (Å²) in [4.78, 5) is 5.28. The molecule has 0 saturated heterocycles. The molecule has 216 valence electrons. The summed E-state index contributed by atoms with van der Waals surface area (Å²) in [5.74, 6) is 0.967. The van der Waals surface area contributed by atoms with Gasteiger partial charge >= 0.3 is 0 Å². The van der Waals surface area contributed by atoms with Gasteiger partial charge in [-0.05, 0) is 88.2 Å². The Morgan fingerprint density at radius 2 is 1.68 bits per heavy atom. The van der Waals surface area contributed by atoms with Crippen LogP contribution in [0.15, 0.2) is 54.6 Å². The molecule has 6 heteroatoms. The molecule has 2 aromatic carbocycles. The second-order valence-electron chi connectivity index (χ2n) is 13.9. The van der Waals surface area contributed by atoms with Crippen molar-refractivity contribution in [2.24, 2.45) is 5.41 Å². The molecule has 2 atom stereocenters. The molecule has 1 unspecified atom stereocenters. The molecule has 0 saturated carbocycles. The molecule has 0 spiro atoms. The SMILES string of the molecule is CC(C)c1nc2c(c(I)c1C(O)c1ccc(OCc3ccccc3)cc1)[C@@H](O[Si](C)(C)C(C)(C)C)CC(C)(C)C2. The number of ether oxygens (including phenoxy) is 1. The predicted molar refractivity (Wildman–Crippen MR) is 175 cm³/mol. The van der Waals surface area contributed by atoms with Gasteiger partial charge < -0.3 is 14.3 Å². The van der Waals surface area contributed by atoms with Gasteiger partial charge in [-0.1, -0.05) is 90.9 Å². The number of fused-ring (bicyclic) bond motifs is 1. The van der Waals surface area contributed by atoms with Crippen LogP contribution in [0.4, 0.5) is 0 Å². The van der Waals surface area contributed by atoms with Crippen molar-refractivity contribution >= 4 is 30.9 Å². The van der Waals surface area contributed by atoms with Crippen molar-refractivity contribution in [1.82, 2.24) is 4.98 Å². The van der Waals surface area contributed by atoms with E-state index in [-0.39, 0.29) is 22.5 Å². The minimum absolute atomic E-state index is 0.0278. The third-order valence-electron chi connectivity index (χ3n) is 8.53. The van der Waals surface area contributed by atoms with E-state index in [1.165, 1.54) is 5.56 Å². The van der Waals surface area contributed by atoms with Crippen LogP contribution in [0.2, 0.25) is 18.1 Å². The van der Waals surface area contributed by atoms with Crippen molar-refractivity contribution in [2.75, 3.05) is 0 Å². The Balaban J connectivity index is 1.71. The maximum Gasteiger partial charge on any atom is 0.192 e. The zero-order chi connectivity index (χ0) is 29.5. The predicted octanol–water partition coefficient (Wildman–Crippen LogP) is 9.51. The Morgan fingerprint density at radius 1 is 1.05 bits per heavy atom. The summed E-state index contributed by atoms with van der Waals surface area (Å²) in [6, 6.07) is 18.0. The van der Waals surface area contributed by atoms with Crippen LogP contribution in [0.5, 0.6) is 5.75 Å². The van der Waals surface area contributed by atoms with Crippen LogP contribution in [0.3, 0.4) is 0 Å². The molecule has 1 aliphatic rings. The van der Waals surface area contributed by atoms with Crippen LogP contribution >= 0.6 is 22.6 Å². The average Bonchev–Trinajstić information content (AvgIpc) is 2.86. The highest BCUT2D eigenvalue weighted by Gasteiger charge is 2.44. The number of aliphatic hydroxyl groups excluding tert-OH is 1. The molecule has 0 radical (unpaired) electrons. The second kappa shape index (κ2) is 11.9. The van der Waals surface area contributed by atoms with Crippen LogP contribution in [0, 0.1) is 8.99 Å². The van der Waals surface area contributed by atoms with Gasteiger partial charge in [0.15, 0.2) is 8.32 Å². The molecule has 1 aliphatic carbocycles. The van der Waals surface area contributed by atoms with E-state index in [0.29, 0.717) is 6.61 Å². The lowest BCUT2D eigenvalue weighted by Gasteiger charge is -2.44. The van der Waals surface area contributed by atoms with E-state index in [0.717, 1.165) is 50.2 Å². The summed E-state index contributed by atoms with van der Waals surface area (Å²) in [6.45, 7) is 21.0. The molecule has 0 aliphatic heterocycles. The summed E-state index contributed by atoms with van der Waals surface area (Å²) in [7, 11) is -2.04. The van der Waals surface area contributed by atoms with E-state index in [4.69, 9.17) is 14.1 Å². The van der Waals surface area contributed by atoms with E-state index >= 15 is 0 Å². The largest absolute Gasteiger partial charge is 0.489 e. The number of halogens is 1. The van der Waals surface area contributed by atoms with Crippen molar-refractivity contribution in [1.29, 1.82) is 0 Å². The van der Waals surface area contributed by atoms with Crippen molar-refractivity contribution < 1.29 is 14.3 Å². The zero-order valence-corrected chi connectivity index (χ0v) is 28.8. The number of hydrogen-bond donors (Lipinski definition) is 1. The van der Waals surface area contributed by atoms with E-state index in [1.54, 1.807) is 0 Å². The highest BCUT2D eigenvalue weighted by molar-refractivity contribution is 14.1. The van der Waals surface area contributed by atoms with Gasteiger partial charge in [0.25, 0.3) is 0 Å². The monoisotopic (exact) mass is 671 g/mol. The lowest BCUT2D eigenvalue weighted by molar-refractivity contribution is 0.104. The lowest BCUT2D eigenvalue weighted by atomic mass is 9.74. The number of rotatable bonds is 8. The Labute approximate surface area is 256 Å². The number of hydrogen-bond acceptors (Lipinski definition) is 4. The lowest BCUT2D eigenvalue weighted by Crippen LogP contribution is -2.44. The molecule has 3 aromatic rings. The van der Waals surface area contributed by atoms with Gasteiger partial charge in [-0.25, -0.2) is 0 Å². The summed E-state index contributed by atoms with van der Waals surface area (Å²) in [5, 5.41) is 11.9. The number of benzene rings is 2. The summed E-state index contributed by atoms with van der Waals surface area (Å²) < 4.78 is 14.2. The minimum Gasteiger partial charge on any atom is -0.489 e. The smallest absolute Gasteiger partial charge is 0.192 e. The van der Waals surface area contributed by atoms with E-state index < -0.39 is 14.4 Å². The Kier molecular flexibility index (Phi) is 9.25. The Morgan fingerprint density at radius 3 is 2.25 bits per heavy atom. The van der Waals surface area contributed by atoms with Crippen LogP contribution < -0.4 is 4.74 Å². The summed E-state index contributed by atoms with van der Waals surface area (Å²) >= 11 is 2.46. The molecule has 0 amide bonds. The number of nitrogens with zero attached hydrogens (tertiary/aromatic N) is 1. The van der Waals surface area contributed by atoms with E-state index in [1.807, 2.05) is 42.5 Å². The van der Waals surface area contributed by atoms with Crippen LogP contribution in [0.1, 0.15) is 107 Å². The van der Waals surface area contributed by atoms with Crippen LogP contribution in [0.25, 0.3) is 0 Å². The Hall–Kier alpha value is -1.74. The van der Waals surface area contributed by atoms with Gasteiger partial charge in [-0.15, -0.1) is 0 Å². The minimum atomic E-state index is -2.04. The molecular weight excluding hydrogens is 625 g/mol. The third-order valence-corrected chi connectivity index (χ3v) is 14.2. The van der Waals surface area contributed by atoms with E-state index in [2.05, 4.69) is 96.3 Å². The van der Waals surface area contributed by atoms with Gasteiger partial charge in [-0.2, -0.15) is 0 Å². The molecule has 0 bridgehead atoms. The fourth-order valence-corrected chi connectivity index (χ4v) is 7.72. The van der Waals surface area contributed by atoms with E-state index in [9.17, 15) is 5.11 Å². The topological polar surface area (TPSA) is 51.6 Å². The van der Waals surface area contributed by atoms with Crippen molar-refractivity contribution in [2.45, 2.75) is 104 Å². The molecule has 1 aromatic heterocycles. The average molecular weight is 672 g/mol. The highest BCUT2D eigenvalue weighted by atomic mass is 127. The zero-order valence-electron chi connectivity index (χ0n) is 25.6. The fourth-order valence-electron chi connectivity index (χ4n) is 5.23. The standard InChI is InChI=1S/C34H46INO3Si/c1-22(2)31-29(32(37)24-15-17-25(18-16-24)38-21-23-13-11-10-12-14-23)30(35)28-26(36-31)19-34(6,7)20-27(28)39-40(8,9)33(3,4)5/h10-18,22,27,32,37H,19-21H2,1-9H3/t27-,32?/m0/s1.